The first-order chi connectivity index (χ1) is 17.9. The molecule has 37 heavy (non-hydrogen) atoms. The Hall–Kier alpha value is -4.44. The molecule has 0 aromatic heterocycles. The highest BCUT2D eigenvalue weighted by atomic mass is 16.3. The molecule has 0 N–H and O–H groups in total. The summed E-state index contributed by atoms with van der Waals surface area (Å²) in [6.45, 7) is 7.19. The SMILES string of the molecule is CCN1C(=Cc2c([O-])c(=[N+](c3ccccc3)c3ccccc3)c2=O)C(C)(C)c2ccc3ccccc3c21. The fourth-order valence-electron chi connectivity index (χ4n) is 5.66. The lowest BCUT2D eigenvalue weighted by molar-refractivity contribution is -0.272. The number of hydrogen-bond acceptors (Lipinski definition) is 3. The van der Waals surface area contributed by atoms with Gasteiger partial charge in [0.15, 0.2) is 0 Å². The number of benzene rings is 4. The lowest BCUT2D eigenvalue weighted by atomic mass is 9.82. The van der Waals surface area contributed by atoms with Crippen molar-refractivity contribution in [2.45, 2.75) is 26.2 Å². The summed E-state index contributed by atoms with van der Waals surface area (Å²) in [5, 5.41) is 16.2. The second kappa shape index (κ2) is 8.59. The highest BCUT2D eigenvalue weighted by Gasteiger charge is 2.41. The Morgan fingerprint density at radius 1 is 0.838 bits per heavy atom. The third-order valence-corrected chi connectivity index (χ3v) is 7.54. The molecule has 0 bridgehead atoms. The molecular formula is C33H28N2O2. The molecule has 0 saturated heterocycles. The summed E-state index contributed by atoms with van der Waals surface area (Å²) in [5.41, 5.74) is 4.58. The zero-order chi connectivity index (χ0) is 25.7. The topological polar surface area (TPSA) is 46.4 Å². The number of hydrogen-bond donors (Lipinski definition) is 0. The smallest absolute Gasteiger partial charge is 0.256 e. The van der Waals surface area contributed by atoms with E-state index in [1.807, 2.05) is 72.8 Å². The van der Waals surface area contributed by atoms with Gasteiger partial charge in [0.1, 0.15) is 0 Å². The van der Waals surface area contributed by atoms with E-state index in [9.17, 15) is 9.90 Å². The van der Waals surface area contributed by atoms with E-state index in [0.717, 1.165) is 29.3 Å². The van der Waals surface area contributed by atoms with Crippen LogP contribution in [0.15, 0.2) is 108 Å². The maximum Gasteiger partial charge on any atom is 0.256 e. The second-order valence-electron chi connectivity index (χ2n) is 10.0. The molecule has 0 spiro atoms. The third kappa shape index (κ3) is 3.44. The highest BCUT2D eigenvalue weighted by molar-refractivity contribution is 6.00. The molecule has 4 nitrogen and oxygen atoms in total. The van der Waals surface area contributed by atoms with E-state index in [1.165, 1.54) is 16.3 Å². The van der Waals surface area contributed by atoms with Crippen molar-refractivity contribution in [3.8, 4) is 5.75 Å². The van der Waals surface area contributed by atoms with Gasteiger partial charge in [0.05, 0.1) is 5.69 Å². The summed E-state index contributed by atoms with van der Waals surface area (Å²) < 4.78 is 1.77. The Kier molecular flexibility index (Phi) is 5.34. The minimum atomic E-state index is -0.350. The number of fused-ring (bicyclic) bond motifs is 3. The van der Waals surface area contributed by atoms with Crippen molar-refractivity contribution in [2.24, 2.45) is 0 Å². The van der Waals surface area contributed by atoms with E-state index in [1.54, 1.807) is 4.58 Å². The molecule has 0 atom stereocenters. The van der Waals surface area contributed by atoms with Gasteiger partial charge in [-0.05, 0) is 29.7 Å². The number of para-hydroxylation sites is 2. The van der Waals surface area contributed by atoms with Crippen molar-refractivity contribution in [1.82, 2.24) is 4.58 Å². The number of anilines is 1. The van der Waals surface area contributed by atoms with Gasteiger partial charge in [0.25, 0.3) is 10.8 Å². The van der Waals surface area contributed by atoms with Gasteiger partial charge in [-0.2, -0.15) is 4.58 Å². The average Bonchev–Trinajstić information content (AvgIpc) is 3.16. The molecule has 5 aromatic carbocycles. The summed E-state index contributed by atoms with van der Waals surface area (Å²) >= 11 is 0. The standard InChI is InChI=1S/C33H28N2O2/c1-4-34-28(33(2,3)27-20-19-22-13-11-12-18-25(22)29(27)34)21-26-31(36)30(32(26)37)35(23-14-7-5-8-15-23)24-16-9-6-10-17-24/h5-21H,4H2,1-3H3. The van der Waals surface area contributed by atoms with E-state index in [2.05, 4.69) is 56.0 Å². The van der Waals surface area contributed by atoms with Gasteiger partial charge < -0.3 is 10.0 Å². The first-order valence-corrected chi connectivity index (χ1v) is 12.7. The Balaban J connectivity index is 1.57. The first kappa shape index (κ1) is 23.0. The van der Waals surface area contributed by atoms with Crippen molar-refractivity contribution >= 4 is 33.9 Å². The highest BCUT2D eigenvalue weighted by Crippen LogP contribution is 2.51. The molecule has 1 aliphatic heterocycles. The summed E-state index contributed by atoms with van der Waals surface area (Å²) in [6, 6.07) is 31.9. The van der Waals surface area contributed by atoms with Crippen molar-refractivity contribution in [2.75, 3.05) is 11.4 Å². The van der Waals surface area contributed by atoms with Gasteiger partial charge in [-0.15, -0.1) is 0 Å². The van der Waals surface area contributed by atoms with E-state index in [0.29, 0.717) is 0 Å². The lowest BCUT2D eigenvalue weighted by Gasteiger charge is -2.27. The molecule has 1 heterocycles. The molecule has 0 fully saturated rings. The van der Waals surface area contributed by atoms with Crippen LogP contribution in [0.1, 0.15) is 31.9 Å². The quantitative estimate of drug-likeness (QED) is 0.306. The maximum absolute atomic E-state index is 13.6. The largest absolute Gasteiger partial charge is 0.867 e. The number of nitrogens with zero attached hydrogens (tertiary/aromatic N) is 2. The Morgan fingerprint density at radius 3 is 2.03 bits per heavy atom. The predicted octanol–water partition coefficient (Wildman–Crippen LogP) is 5.74. The molecule has 1 aliphatic rings. The van der Waals surface area contributed by atoms with Gasteiger partial charge in [0.2, 0.25) is 11.4 Å². The van der Waals surface area contributed by atoms with Crippen LogP contribution >= 0.6 is 0 Å². The normalized spacial score (nSPS) is 15.4. The zero-order valence-electron chi connectivity index (χ0n) is 21.2. The molecule has 0 saturated carbocycles. The van der Waals surface area contributed by atoms with Crippen LogP contribution in [-0.4, -0.2) is 6.54 Å². The monoisotopic (exact) mass is 484 g/mol. The molecule has 0 aliphatic carbocycles. The molecular weight excluding hydrogens is 456 g/mol. The van der Waals surface area contributed by atoms with E-state index >= 15 is 0 Å². The maximum atomic E-state index is 13.6. The lowest BCUT2D eigenvalue weighted by Crippen LogP contribution is -2.45. The Labute approximate surface area is 216 Å². The van der Waals surface area contributed by atoms with Crippen LogP contribution in [0, 0.1) is 0 Å². The predicted molar refractivity (Wildman–Crippen MR) is 150 cm³/mol. The Morgan fingerprint density at radius 2 is 1.43 bits per heavy atom. The van der Waals surface area contributed by atoms with E-state index in [-0.39, 0.29) is 27.5 Å². The van der Waals surface area contributed by atoms with Crippen LogP contribution in [-0.2, 0) is 5.41 Å². The van der Waals surface area contributed by atoms with Crippen molar-refractivity contribution < 1.29 is 5.11 Å². The fourth-order valence-corrected chi connectivity index (χ4v) is 5.66. The van der Waals surface area contributed by atoms with Crippen LogP contribution in [0.3, 0.4) is 0 Å². The van der Waals surface area contributed by atoms with Crippen LogP contribution in [0.25, 0.3) is 16.8 Å². The summed E-state index contributed by atoms with van der Waals surface area (Å²) in [5.74, 6) is -0.224. The first-order valence-electron chi connectivity index (χ1n) is 12.7. The van der Waals surface area contributed by atoms with E-state index < -0.39 is 0 Å². The third-order valence-electron chi connectivity index (χ3n) is 7.54. The fraction of sp³-hybridized carbons (Fsp3) is 0.152. The molecule has 6 rings (SSSR count). The average molecular weight is 485 g/mol. The van der Waals surface area contributed by atoms with Crippen LogP contribution in [0.4, 0.5) is 17.1 Å². The molecule has 5 aromatic rings. The molecule has 0 amide bonds. The van der Waals surface area contributed by atoms with Gasteiger partial charge in [0, 0.05) is 52.9 Å². The Bertz CT molecular complexity index is 1710. The molecule has 4 heteroatoms. The summed E-state index contributed by atoms with van der Waals surface area (Å²) in [7, 11) is 0. The van der Waals surface area contributed by atoms with Crippen molar-refractivity contribution in [3.63, 3.8) is 0 Å². The number of rotatable bonds is 4. The van der Waals surface area contributed by atoms with Gasteiger partial charge >= 0.3 is 0 Å². The van der Waals surface area contributed by atoms with Crippen molar-refractivity contribution in [1.29, 1.82) is 0 Å². The van der Waals surface area contributed by atoms with Gasteiger partial charge in [-0.25, -0.2) is 0 Å². The van der Waals surface area contributed by atoms with Gasteiger partial charge in [-0.1, -0.05) is 86.6 Å². The second-order valence-corrected chi connectivity index (χ2v) is 10.0. The minimum Gasteiger partial charge on any atom is -0.867 e. The van der Waals surface area contributed by atoms with Crippen LogP contribution < -0.4 is 25.4 Å². The van der Waals surface area contributed by atoms with E-state index in [4.69, 9.17) is 0 Å². The molecule has 182 valence electrons. The molecule has 0 unspecified atom stereocenters. The zero-order valence-corrected chi connectivity index (χ0v) is 21.2. The summed E-state index contributed by atoms with van der Waals surface area (Å²) in [6.07, 6.45) is 1.83. The molecule has 0 radical (unpaired) electrons. The number of allylic oxidation sites excluding steroid dienone is 1. The van der Waals surface area contributed by atoms with Crippen LogP contribution in [0.5, 0.6) is 5.75 Å². The summed E-state index contributed by atoms with van der Waals surface area (Å²) in [4.78, 5) is 15.9. The van der Waals surface area contributed by atoms with Gasteiger partial charge in [-0.3, -0.25) is 4.79 Å². The van der Waals surface area contributed by atoms with Crippen molar-refractivity contribution in [3.05, 3.63) is 129 Å². The van der Waals surface area contributed by atoms with Crippen LogP contribution in [0.2, 0.25) is 0 Å². The minimum absolute atomic E-state index is 0.186. The number of likely N-dealkylation sites (N-methyl/N-ethyl adjacent to an activating group) is 1.